The number of piperidine rings is 1. The van der Waals surface area contributed by atoms with Gasteiger partial charge in [-0.15, -0.1) is 0 Å². The summed E-state index contributed by atoms with van der Waals surface area (Å²) in [7, 11) is 0. The minimum absolute atomic E-state index is 0.540. The summed E-state index contributed by atoms with van der Waals surface area (Å²) in [6.45, 7) is 2.87. The van der Waals surface area contributed by atoms with Crippen LogP contribution in [0, 0.1) is 0 Å². The highest BCUT2D eigenvalue weighted by atomic mass is 16.5. The summed E-state index contributed by atoms with van der Waals surface area (Å²) in [5, 5.41) is 7.29. The smallest absolute Gasteiger partial charge is 0.213 e. The first-order valence-electron chi connectivity index (χ1n) is 6.70. The highest BCUT2D eigenvalue weighted by Crippen LogP contribution is 2.19. The average molecular weight is 258 g/mol. The van der Waals surface area contributed by atoms with Crippen LogP contribution in [0.2, 0.25) is 0 Å². The van der Waals surface area contributed by atoms with Crippen molar-refractivity contribution < 1.29 is 4.52 Å². The average Bonchev–Trinajstić information content (AvgIpc) is 3.00. The molecular formula is C14H18N4O. The number of nitrogens with zero attached hydrogens (tertiary/aromatic N) is 3. The number of para-hydroxylation sites is 1. The van der Waals surface area contributed by atoms with Gasteiger partial charge in [0.2, 0.25) is 6.39 Å². The van der Waals surface area contributed by atoms with Crippen molar-refractivity contribution in [1.29, 1.82) is 0 Å². The molecule has 1 aliphatic rings. The van der Waals surface area contributed by atoms with Crippen LogP contribution in [0.25, 0.3) is 0 Å². The van der Waals surface area contributed by atoms with Crippen molar-refractivity contribution in [2.45, 2.75) is 25.4 Å². The lowest BCUT2D eigenvalue weighted by atomic mass is 10.0. The van der Waals surface area contributed by atoms with Crippen LogP contribution >= 0.6 is 0 Å². The predicted molar refractivity (Wildman–Crippen MR) is 72.8 cm³/mol. The predicted octanol–water partition coefficient (Wildman–Crippen LogP) is 1.83. The summed E-state index contributed by atoms with van der Waals surface area (Å²) in [4.78, 5) is 6.45. The van der Waals surface area contributed by atoms with Crippen molar-refractivity contribution in [1.82, 2.24) is 15.5 Å². The van der Waals surface area contributed by atoms with E-state index in [-0.39, 0.29) is 0 Å². The molecule has 3 rings (SSSR count). The van der Waals surface area contributed by atoms with Gasteiger partial charge in [0, 0.05) is 24.8 Å². The molecule has 2 heterocycles. The normalized spacial score (nSPS) is 16.7. The van der Waals surface area contributed by atoms with E-state index in [1.807, 2.05) is 0 Å². The van der Waals surface area contributed by atoms with Gasteiger partial charge in [0.1, 0.15) is 0 Å². The summed E-state index contributed by atoms with van der Waals surface area (Å²) in [5.74, 6) is 0.727. The standard InChI is InChI=1S/C14H18N4O/c1-2-4-13(5-3-1)18-8-6-12(7-9-18)15-10-14-16-11-19-17-14/h1-5,11-12,15H,6-10H2. The van der Waals surface area contributed by atoms with E-state index in [0.717, 1.165) is 31.8 Å². The van der Waals surface area contributed by atoms with E-state index in [2.05, 4.69) is 50.7 Å². The number of anilines is 1. The number of hydrogen-bond donors (Lipinski definition) is 1. The molecule has 1 aromatic heterocycles. The fourth-order valence-electron chi connectivity index (χ4n) is 2.49. The largest absolute Gasteiger partial charge is 0.371 e. The monoisotopic (exact) mass is 258 g/mol. The molecule has 1 N–H and O–H groups in total. The quantitative estimate of drug-likeness (QED) is 0.906. The number of nitrogens with one attached hydrogen (secondary N) is 1. The lowest BCUT2D eigenvalue weighted by Gasteiger charge is -2.33. The van der Waals surface area contributed by atoms with Crippen LogP contribution in [0.5, 0.6) is 0 Å². The zero-order valence-corrected chi connectivity index (χ0v) is 10.8. The molecule has 0 aliphatic carbocycles. The van der Waals surface area contributed by atoms with Crippen LogP contribution in [-0.2, 0) is 6.54 Å². The second-order valence-corrected chi connectivity index (χ2v) is 4.83. The summed E-state index contributed by atoms with van der Waals surface area (Å²) in [6, 6.07) is 11.1. The lowest BCUT2D eigenvalue weighted by molar-refractivity contribution is 0.387. The Labute approximate surface area is 112 Å². The van der Waals surface area contributed by atoms with E-state index in [9.17, 15) is 0 Å². The molecule has 0 radical (unpaired) electrons. The number of hydrogen-bond acceptors (Lipinski definition) is 5. The van der Waals surface area contributed by atoms with Gasteiger partial charge in [0.05, 0.1) is 6.54 Å². The molecule has 0 spiro atoms. The third kappa shape index (κ3) is 3.12. The van der Waals surface area contributed by atoms with Gasteiger partial charge in [-0.2, -0.15) is 4.98 Å². The van der Waals surface area contributed by atoms with Gasteiger partial charge in [-0.25, -0.2) is 0 Å². The molecule has 19 heavy (non-hydrogen) atoms. The lowest BCUT2D eigenvalue weighted by Crippen LogP contribution is -2.42. The van der Waals surface area contributed by atoms with Crippen LogP contribution in [0.15, 0.2) is 41.2 Å². The van der Waals surface area contributed by atoms with Gasteiger partial charge in [0.15, 0.2) is 5.82 Å². The van der Waals surface area contributed by atoms with Crippen molar-refractivity contribution in [2.24, 2.45) is 0 Å². The molecule has 0 amide bonds. The molecule has 1 saturated heterocycles. The van der Waals surface area contributed by atoms with Gasteiger partial charge >= 0.3 is 0 Å². The summed E-state index contributed by atoms with van der Waals surface area (Å²) >= 11 is 0. The Morgan fingerprint density at radius 2 is 2.00 bits per heavy atom. The van der Waals surface area contributed by atoms with Gasteiger partial charge < -0.3 is 14.7 Å². The molecule has 0 bridgehead atoms. The highest BCUT2D eigenvalue weighted by molar-refractivity contribution is 5.46. The van der Waals surface area contributed by atoms with Crippen molar-refractivity contribution >= 4 is 5.69 Å². The minimum Gasteiger partial charge on any atom is -0.371 e. The molecule has 0 unspecified atom stereocenters. The van der Waals surface area contributed by atoms with Gasteiger partial charge in [-0.3, -0.25) is 0 Å². The first kappa shape index (κ1) is 12.2. The van der Waals surface area contributed by atoms with E-state index in [0.29, 0.717) is 12.6 Å². The topological polar surface area (TPSA) is 54.2 Å². The molecule has 5 nitrogen and oxygen atoms in total. The molecule has 1 aromatic carbocycles. The van der Waals surface area contributed by atoms with E-state index in [4.69, 9.17) is 4.52 Å². The van der Waals surface area contributed by atoms with E-state index >= 15 is 0 Å². The van der Waals surface area contributed by atoms with Gasteiger partial charge in [-0.1, -0.05) is 23.4 Å². The zero-order valence-electron chi connectivity index (χ0n) is 10.8. The summed E-state index contributed by atoms with van der Waals surface area (Å²) in [5.41, 5.74) is 1.32. The highest BCUT2D eigenvalue weighted by Gasteiger charge is 2.19. The molecule has 1 aliphatic heterocycles. The van der Waals surface area contributed by atoms with Gasteiger partial charge in [-0.05, 0) is 25.0 Å². The van der Waals surface area contributed by atoms with E-state index in [1.165, 1.54) is 12.1 Å². The molecule has 0 saturated carbocycles. The van der Waals surface area contributed by atoms with Crippen molar-refractivity contribution in [2.75, 3.05) is 18.0 Å². The Morgan fingerprint density at radius 1 is 1.21 bits per heavy atom. The molecule has 1 fully saturated rings. The van der Waals surface area contributed by atoms with Crippen LogP contribution in [0.1, 0.15) is 18.7 Å². The maximum absolute atomic E-state index is 4.72. The third-order valence-electron chi connectivity index (χ3n) is 3.57. The molecule has 2 aromatic rings. The Hall–Kier alpha value is -1.88. The first-order chi connectivity index (χ1) is 9.42. The van der Waals surface area contributed by atoms with Crippen LogP contribution in [0.3, 0.4) is 0 Å². The fraction of sp³-hybridized carbons (Fsp3) is 0.429. The Kier molecular flexibility index (Phi) is 3.74. The molecule has 0 atom stereocenters. The molecular weight excluding hydrogens is 240 g/mol. The molecule has 5 heteroatoms. The second kappa shape index (κ2) is 5.84. The number of rotatable bonds is 4. The summed E-state index contributed by atoms with van der Waals surface area (Å²) < 4.78 is 4.72. The third-order valence-corrected chi connectivity index (χ3v) is 3.57. The number of aromatic nitrogens is 2. The van der Waals surface area contributed by atoms with Crippen molar-refractivity contribution in [3.63, 3.8) is 0 Å². The SMILES string of the molecule is c1ccc(N2CCC(NCc3ncon3)CC2)cc1. The fourth-order valence-corrected chi connectivity index (χ4v) is 2.49. The first-order valence-corrected chi connectivity index (χ1v) is 6.70. The number of benzene rings is 1. The van der Waals surface area contributed by atoms with Gasteiger partial charge in [0.25, 0.3) is 0 Å². The Balaban J connectivity index is 1.47. The Morgan fingerprint density at radius 3 is 2.68 bits per heavy atom. The van der Waals surface area contributed by atoms with Crippen molar-refractivity contribution in [3.05, 3.63) is 42.5 Å². The maximum Gasteiger partial charge on any atom is 0.213 e. The van der Waals surface area contributed by atoms with E-state index in [1.54, 1.807) is 0 Å². The van der Waals surface area contributed by atoms with Crippen molar-refractivity contribution in [3.8, 4) is 0 Å². The van der Waals surface area contributed by atoms with Crippen LogP contribution in [-0.4, -0.2) is 29.3 Å². The van der Waals surface area contributed by atoms with E-state index < -0.39 is 0 Å². The summed E-state index contributed by atoms with van der Waals surface area (Å²) in [6.07, 6.45) is 3.66. The molecule has 100 valence electrons. The van der Waals surface area contributed by atoms with Crippen LogP contribution < -0.4 is 10.2 Å². The minimum atomic E-state index is 0.540. The maximum atomic E-state index is 4.72. The zero-order chi connectivity index (χ0) is 12.9. The van der Waals surface area contributed by atoms with Crippen LogP contribution in [0.4, 0.5) is 5.69 Å². The second-order valence-electron chi connectivity index (χ2n) is 4.83. The Bertz CT molecular complexity index is 477.